The molecule has 1 atom stereocenters. The van der Waals surface area contributed by atoms with Crippen molar-refractivity contribution in [3.8, 4) is 0 Å². The first kappa shape index (κ1) is 14.5. The van der Waals surface area contributed by atoms with E-state index in [2.05, 4.69) is 9.71 Å². The molecule has 6 heteroatoms. The Kier molecular flexibility index (Phi) is 4.21. The summed E-state index contributed by atoms with van der Waals surface area (Å²) < 4.78 is 16.5. The normalized spacial score (nSPS) is 20.4. The molecule has 1 aromatic heterocycles. The molecular weight excluding hydrogens is 284 g/mol. The van der Waals surface area contributed by atoms with Gasteiger partial charge in [0.05, 0.1) is 21.3 Å². The summed E-state index contributed by atoms with van der Waals surface area (Å²) in [5, 5.41) is 0. The lowest BCUT2D eigenvalue weighted by Crippen LogP contribution is -2.51. The average molecular weight is 305 g/mol. The Morgan fingerprint density at radius 1 is 1.50 bits per heavy atom. The molecule has 0 spiro atoms. The van der Waals surface area contributed by atoms with Crippen molar-refractivity contribution < 1.29 is 4.21 Å². The van der Waals surface area contributed by atoms with E-state index in [4.69, 9.17) is 0 Å². The van der Waals surface area contributed by atoms with E-state index >= 15 is 0 Å². The summed E-state index contributed by atoms with van der Waals surface area (Å²) in [7, 11) is -1.03. The van der Waals surface area contributed by atoms with Gasteiger partial charge < -0.3 is 0 Å². The molecule has 0 saturated heterocycles. The summed E-state index contributed by atoms with van der Waals surface area (Å²) in [4.78, 5) is 5.63. The van der Waals surface area contributed by atoms with Gasteiger partial charge in [-0.2, -0.15) is 0 Å². The van der Waals surface area contributed by atoms with Crippen molar-refractivity contribution in [1.82, 2.24) is 9.71 Å². The number of hydrogen-bond acceptors (Lipinski definition) is 4. The average Bonchev–Trinajstić information content (AvgIpc) is 2.70. The van der Waals surface area contributed by atoms with Crippen LogP contribution in [0, 0.1) is 0 Å². The smallest absolute Gasteiger partial charge is 0.149 e. The van der Waals surface area contributed by atoms with Gasteiger partial charge in [0, 0.05) is 11.1 Å². The summed E-state index contributed by atoms with van der Waals surface area (Å²) in [6.45, 7) is 6.01. The van der Waals surface area contributed by atoms with Crippen LogP contribution in [0.4, 0.5) is 0 Å². The molecule has 0 amide bonds. The molecule has 3 nitrogen and oxygen atoms in total. The van der Waals surface area contributed by atoms with Crippen molar-refractivity contribution >= 4 is 34.1 Å². The Morgan fingerprint density at radius 2 is 2.17 bits per heavy atom. The number of rotatable bonds is 4. The molecule has 2 rings (SSSR count). The van der Waals surface area contributed by atoms with E-state index in [-0.39, 0.29) is 10.3 Å². The Morgan fingerprint density at radius 3 is 2.56 bits per heavy atom. The minimum absolute atomic E-state index is 0.0935. The van der Waals surface area contributed by atoms with Crippen LogP contribution in [0.1, 0.15) is 44.9 Å². The molecule has 0 aliphatic heterocycles. The number of nitrogens with zero attached hydrogens (tertiary/aromatic N) is 1. The maximum atomic E-state index is 12.3. The molecule has 0 radical (unpaired) electrons. The first-order chi connectivity index (χ1) is 8.37. The quantitative estimate of drug-likeness (QED) is 0.868. The minimum atomic E-state index is -1.03. The summed E-state index contributed by atoms with van der Waals surface area (Å²) >= 11 is 3.39. The highest BCUT2D eigenvalue weighted by Crippen LogP contribution is 2.45. The zero-order valence-electron chi connectivity index (χ0n) is 11.3. The number of thiazole rings is 1. The van der Waals surface area contributed by atoms with Crippen molar-refractivity contribution in [1.29, 1.82) is 0 Å². The fourth-order valence-corrected chi connectivity index (χ4v) is 4.48. The second-order valence-electron chi connectivity index (χ2n) is 5.61. The van der Waals surface area contributed by atoms with Crippen LogP contribution < -0.4 is 4.72 Å². The van der Waals surface area contributed by atoms with Crippen molar-refractivity contribution in [2.75, 3.05) is 6.26 Å². The molecule has 1 aliphatic rings. The Balaban J connectivity index is 2.18. The molecule has 102 valence electrons. The van der Waals surface area contributed by atoms with Gasteiger partial charge in [-0.3, -0.25) is 0 Å². The SMILES string of the molecule is CSc1ncc(C2(NS(=O)C(C)(C)C)CCC2)s1. The monoisotopic (exact) mass is 304 g/mol. The predicted molar refractivity (Wildman–Crippen MR) is 80.5 cm³/mol. The van der Waals surface area contributed by atoms with Crippen LogP contribution in [0.2, 0.25) is 0 Å². The summed E-state index contributed by atoms with van der Waals surface area (Å²) in [5.74, 6) is 0. The van der Waals surface area contributed by atoms with E-state index in [9.17, 15) is 4.21 Å². The van der Waals surface area contributed by atoms with E-state index in [0.29, 0.717) is 0 Å². The van der Waals surface area contributed by atoms with Crippen LogP contribution in [0.25, 0.3) is 0 Å². The van der Waals surface area contributed by atoms with Gasteiger partial charge in [-0.05, 0) is 46.3 Å². The second-order valence-corrected chi connectivity index (χ2v) is 9.66. The molecule has 1 fully saturated rings. The molecule has 18 heavy (non-hydrogen) atoms. The van der Waals surface area contributed by atoms with E-state index in [1.54, 1.807) is 23.1 Å². The molecule has 0 bridgehead atoms. The van der Waals surface area contributed by atoms with E-state index in [1.165, 1.54) is 11.3 Å². The van der Waals surface area contributed by atoms with E-state index in [1.807, 2.05) is 33.2 Å². The molecule has 1 heterocycles. The summed E-state index contributed by atoms with van der Waals surface area (Å²) in [6, 6.07) is 0. The zero-order valence-corrected chi connectivity index (χ0v) is 13.7. The van der Waals surface area contributed by atoms with Gasteiger partial charge in [-0.1, -0.05) is 11.8 Å². The van der Waals surface area contributed by atoms with Crippen molar-refractivity contribution in [2.24, 2.45) is 0 Å². The number of nitrogens with one attached hydrogen (secondary N) is 1. The fourth-order valence-electron chi connectivity index (χ4n) is 1.83. The number of hydrogen-bond donors (Lipinski definition) is 1. The third-order valence-electron chi connectivity index (χ3n) is 3.18. The second kappa shape index (κ2) is 5.23. The molecular formula is C12H20N2OS3. The lowest BCUT2D eigenvalue weighted by Gasteiger charge is -2.42. The standard InChI is InChI=1S/C12H20N2OS3/c1-11(2,3)18(15)14-12(6-5-7-12)9-8-13-10(16-4)17-9/h8,14H,5-7H2,1-4H3. The highest BCUT2D eigenvalue weighted by Gasteiger charge is 2.43. The summed E-state index contributed by atoms with van der Waals surface area (Å²) in [5.41, 5.74) is -0.0935. The molecule has 1 aliphatic carbocycles. The fraction of sp³-hybridized carbons (Fsp3) is 0.750. The van der Waals surface area contributed by atoms with Crippen LogP contribution in [-0.4, -0.2) is 20.2 Å². The van der Waals surface area contributed by atoms with Gasteiger partial charge >= 0.3 is 0 Å². The van der Waals surface area contributed by atoms with Gasteiger partial charge in [0.2, 0.25) is 0 Å². The molecule has 1 N–H and O–H groups in total. The van der Waals surface area contributed by atoms with E-state index in [0.717, 1.165) is 17.2 Å². The maximum absolute atomic E-state index is 12.3. The largest absolute Gasteiger partial charge is 0.242 e. The number of thioether (sulfide) groups is 1. The first-order valence-electron chi connectivity index (χ1n) is 6.07. The molecule has 1 aromatic rings. The van der Waals surface area contributed by atoms with Crippen LogP contribution in [0.3, 0.4) is 0 Å². The Labute approximate surface area is 120 Å². The van der Waals surface area contributed by atoms with Crippen molar-refractivity contribution in [3.63, 3.8) is 0 Å². The van der Waals surface area contributed by atoms with Gasteiger partial charge in [0.15, 0.2) is 0 Å². The van der Waals surface area contributed by atoms with Gasteiger partial charge in [-0.25, -0.2) is 13.9 Å². The van der Waals surface area contributed by atoms with Crippen LogP contribution in [0.5, 0.6) is 0 Å². The maximum Gasteiger partial charge on any atom is 0.149 e. The molecule has 1 unspecified atom stereocenters. The van der Waals surface area contributed by atoms with Gasteiger partial charge in [-0.15, -0.1) is 11.3 Å². The van der Waals surface area contributed by atoms with Crippen molar-refractivity contribution in [3.05, 3.63) is 11.1 Å². The van der Waals surface area contributed by atoms with Gasteiger partial charge in [0.25, 0.3) is 0 Å². The lowest BCUT2D eigenvalue weighted by atomic mass is 9.77. The Hall–Kier alpha value is 0.0900. The third kappa shape index (κ3) is 2.81. The zero-order chi connectivity index (χ0) is 13.4. The van der Waals surface area contributed by atoms with Crippen LogP contribution in [-0.2, 0) is 16.5 Å². The minimum Gasteiger partial charge on any atom is -0.242 e. The third-order valence-corrected chi connectivity index (χ3v) is 7.07. The van der Waals surface area contributed by atoms with Crippen molar-refractivity contribution in [2.45, 2.75) is 54.7 Å². The topological polar surface area (TPSA) is 42.0 Å². The van der Waals surface area contributed by atoms with E-state index < -0.39 is 11.0 Å². The number of aromatic nitrogens is 1. The van der Waals surface area contributed by atoms with Crippen LogP contribution >= 0.6 is 23.1 Å². The van der Waals surface area contributed by atoms with Gasteiger partial charge in [0.1, 0.15) is 4.34 Å². The summed E-state index contributed by atoms with van der Waals surface area (Å²) in [6.07, 6.45) is 7.30. The van der Waals surface area contributed by atoms with Crippen LogP contribution in [0.15, 0.2) is 10.5 Å². The predicted octanol–water partition coefficient (Wildman–Crippen LogP) is 3.30. The highest BCUT2D eigenvalue weighted by atomic mass is 32.2. The molecule has 1 saturated carbocycles. The highest BCUT2D eigenvalue weighted by molar-refractivity contribution is 8.00. The molecule has 0 aromatic carbocycles. The Bertz CT molecular complexity index is 446. The first-order valence-corrected chi connectivity index (χ1v) is 9.26. The lowest BCUT2D eigenvalue weighted by molar-refractivity contribution is 0.232.